The van der Waals surface area contributed by atoms with Gasteiger partial charge >= 0.3 is 0 Å². The Kier molecular flexibility index (Phi) is 4.80. The van der Waals surface area contributed by atoms with Gasteiger partial charge in [0.05, 0.1) is 17.7 Å². The molecule has 0 saturated heterocycles. The fourth-order valence-electron chi connectivity index (χ4n) is 2.00. The van der Waals surface area contributed by atoms with Gasteiger partial charge in [-0.1, -0.05) is 12.1 Å². The van der Waals surface area contributed by atoms with Gasteiger partial charge in [-0.05, 0) is 12.1 Å². The molecule has 2 amide bonds. The highest BCUT2D eigenvalue weighted by molar-refractivity contribution is 6.21. The molecule has 1 aromatic rings. The maximum Gasteiger partial charge on any atom is 0.263 e. The lowest BCUT2D eigenvalue weighted by atomic mass is 10.1. The van der Waals surface area contributed by atoms with Crippen molar-refractivity contribution >= 4 is 11.8 Å². The van der Waals surface area contributed by atoms with E-state index in [0.717, 1.165) is 4.90 Å². The Bertz CT molecular complexity index is 471. The minimum Gasteiger partial charge on any atom is -0.373 e. The van der Waals surface area contributed by atoms with Crippen LogP contribution in [0.1, 0.15) is 27.1 Å². The van der Waals surface area contributed by atoms with E-state index in [1.54, 1.807) is 24.3 Å². The van der Waals surface area contributed by atoms with E-state index in [1.807, 2.05) is 0 Å². The Morgan fingerprint density at radius 2 is 1.85 bits per heavy atom. The topological polar surface area (TPSA) is 105 Å². The number of benzene rings is 1. The molecule has 0 bridgehead atoms. The van der Waals surface area contributed by atoms with Crippen LogP contribution in [-0.4, -0.2) is 47.7 Å². The van der Waals surface area contributed by atoms with Crippen LogP contribution in [-0.2, 0) is 4.84 Å². The molecule has 1 aromatic carbocycles. The fourth-order valence-corrected chi connectivity index (χ4v) is 2.00. The fraction of sp³-hybridized carbons (Fsp3) is 0.385. The van der Waals surface area contributed by atoms with Crippen LogP contribution in [0.5, 0.6) is 0 Å². The smallest absolute Gasteiger partial charge is 0.263 e. The van der Waals surface area contributed by atoms with Crippen molar-refractivity contribution in [1.29, 1.82) is 0 Å². The SMILES string of the molecule is NCCONCCC(O)N1C(=O)c2ccccc2C1=O. The van der Waals surface area contributed by atoms with Crippen molar-refractivity contribution < 1.29 is 19.5 Å². The summed E-state index contributed by atoms with van der Waals surface area (Å²) in [6.07, 6.45) is -1.01. The number of rotatable bonds is 7. The summed E-state index contributed by atoms with van der Waals surface area (Å²) in [7, 11) is 0. The van der Waals surface area contributed by atoms with Gasteiger partial charge in [0.15, 0.2) is 0 Å². The largest absolute Gasteiger partial charge is 0.373 e. The summed E-state index contributed by atoms with van der Waals surface area (Å²) in [4.78, 5) is 29.9. The second kappa shape index (κ2) is 6.58. The molecule has 0 saturated carbocycles. The summed E-state index contributed by atoms with van der Waals surface area (Å²) in [5, 5.41) is 9.98. The number of aliphatic hydroxyl groups is 1. The molecule has 108 valence electrons. The average molecular weight is 279 g/mol. The molecule has 0 aromatic heterocycles. The summed E-state index contributed by atoms with van der Waals surface area (Å²) in [5.74, 6) is -0.943. The maximum atomic E-state index is 12.1. The van der Waals surface area contributed by atoms with Gasteiger partial charge in [-0.2, -0.15) is 0 Å². The third-order valence-corrected chi connectivity index (χ3v) is 2.95. The lowest BCUT2D eigenvalue weighted by Gasteiger charge is -2.21. The lowest BCUT2D eigenvalue weighted by Crippen LogP contribution is -2.41. The molecule has 0 radical (unpaired) electrons. The molecule has 2 rings (SSSR count). The predicted molar refractivity (Wildman–Crippen MR) is 70.6 cm³/mol. The normalized spacial score (nSPS) is 15.6. The van der Waals surface area contributed by atoms with Crippen molar-refractivity contribution in [2.75, 3.05) is 19.7 Å². The third-order valence-electron chi connectivity index (χ3n) is 2.95. The zero-order valence-electron chi connectivity index (χ0n) is 10.9. The molecule has 0 spiro atoms. The number of hydroxylamine groups is 1. The van der Waals surface area contributed by atoms with Crippen LogP contribution >= 0.6 is 0 Å². The van der Waals surface area contributed by atoms with Gasteiger partial charge in [-0.3, -0.25) is 9.59 Å². The van der Waals surface area contributed by atoms with Gasteiger partial charge in [0.25, 0.3) is 11.8 Å². The van der Waals surface area contributed by atoms with Crippen LogP contribution in [0, 0.1) is 0 Å². The van der Waals surface area contributed by atoms with E-state index >= 15 is 0 Å². The van der Waals surface area contributed by atoms with Crippen molar-refractivity contribution in [2.45, 2.75) is 12.6 Å². The van der Waals surface area contributed by atoms with Crippen LogP contribution in [0.25, 0.3) is 0 Å². The highest BCUT2D eigenvalue weighted by Crippen LogP contribution is 2.24. The summed E-state index contributed by atoms with van der Waals surface area (Å²) in [5.41, 5.74) is 8.49. The number of fused-ring (bicyclic) bond motifs is 1. The summed E-state index contributed by atoms with van der Waals surface area (Å²) < 4.78 is 0. The number of amides is 2. The van der Waals surface area contributed by atoms with Crippen molar-refractivity contribution in [3.05, 3.63) is 35.4 Å². The maximum absolute atomic E-state index is 12.1. The van der Waals surface area contributed by atoms with Crippen LogP contribution in [0.3, 0.4) is 0 Å². The van der Waals surface area contributed by atoms with Crippen LogP contribution in [0.2, 0.25) is 0 Å². The van der Waals surface area contributed by atoms with Gasteiger partial charge in [-0.15, -0.1) is 0 Å². The highest BCUT2D eigenvalue weighted by Gasteiger charge is 2.38. The molecule has 0 fully saturated rings. The Morgan fingerprint density at radius 3 is 2.40 bits per heavy atom. The van der Waals surface area contributed by atoms with Crippen LogP contribution < -0.4 is 11.2 Å². The van der Waals surface area contributed by atoms with Crippen molar-refractivity contribution in [3.8, 4) is 0 Å². The molecular weight excluding hydrogens is 262 g/mol. The molecule has 1 aliphatic rings. The molecule has 0 aliphatic carbocycles. The second-order valence-electron chi connectivity index (χ2n) is 4.33. The predicted octanol–water partition coefficient (Wildman–Crippen LogP) is -0.529. The first kappa shape index (κ1) is 14.6. The molecule has 7 nitrogen and oxygen atoms in total. The molecule has 1 unspecified atom stereocenters. The number of nitrogens with one attached hydrogen (secondary N) is 1. The minimum atomic E-state index is -1.18. The Hall–Kier alpha value is -1.80. The van der Waals surface area contributed by atoms with E-state index < -0.39 is 18.0 Å². The van der Waals surface area contributed by atoms with Gasteiger partial charge < -0.3 is 15.7 Å². The van der Waals surface area contributed by atoms with Crippen LogP contribution in [0.15, 0.2) is 24.3 Å². The van der Waals surface area contributed by atoms with E-state index in [-0.39, 0.29) is 6.42 Å². The molecule has 4 N–H and O–H groups in total. The number of carbonyl (C=O) groups is 2. The van der Waals surface area contributed by atoms with Gasteiger partial charge in [0.1, 0.15) is 6.23 Å². The number of imide groups is 1. The third kappa shape index (κ3) is 2.86. The van der Waals surface area contributed by atoms with Crippen molar-refractivity contribution in [1.82, 2.24) is 10.4 Å². The van der Waals surface area contributed by atoms with Crippen molar-refractivity contribution in [2.24, 2.45) is 5.73 Å². The first-order valence-electron chi connectivity index (χ1n) is 6.36. The van der Waals surface area contributed by atoms with E-state index in [9.17, 15) is 14.7 Å². The van der Waals surface area contributed by atoms with E-state index in [0.29, 0.717) is 30.8 Å². The molecule has 1 atom stereocenters. The summed E-state index contributed by atoms with van der Waals surface area (Å²) in [6, 6.07) is 6.51. The minimum absolute atomic E-state index is 0.177. The van der Waals surface area contributed by atoms with Crippen molar-refractivity contribution in [3.63, 3.8) is 0 Å². The Labute approximate surface area is 116 Å². The quantitative estimate of drug-likeness (QED) is 0.352. The number of nitrogens with two attached hydrogens (primary N) is 1. The molecular formula is C13H17N3O4. The Balaban J connectivity index is 1.93. The Morgan fingerprint density at radius 1 is 1.25 bits per heavy atom. The lowest BCUT2D eigenvalue weighted by molar-refractivity contribution is -0.00317. The summed E-state index contributed by atoms with van der Waals surface area (Å²) in [6.45, 7) is 1.03. The zero-order chi connectivity index (χ0) is 14.5. The van der Waals surface area contributed by atoms with E-state index in [4.69, 9.17) is 10.6 Å². The number of hydrogen-bond acceptors (Lipinski definition) is 6. The number of aliphatic hydroxyl groups excluding tert-OH is 1. The van der Waals surface area contributed by atoms with Gasteiger partial charge in [0.2, 0.25) is 0 Å². The monoisotopic (exact) mass is 279 g/mol. The van der Waals surface area contributed by atoms with Gasteiger partial charge in [0, 0.05) is 19.5 Å². The number of nitrogens with zero attached hydrogens (tertiary/aromatic N) is 1. The molecule has 20 heavy (non-hydrogen) atoms. The van der Waals surface area contributed by atoms with E-state index in [1.165, 1.54) is 0 Å². The first-order chi connectivity index (χ1) is 9.66. The standard InChI is InChI=1S/C13H17N3O4/c14-6-8-20-15-7-5-11(17)16-12(18)9-3-1-2-4-10(9)13(16)19/h1-4,11,15,17H,5-8,14H2. The average Bonchev–Trinajstić information content (AvgIpc) is 2.71. The highest BCUT2D eigenvalue weighted by atomic mass is 16.6. The number of hydrogen-bond donors (Lipinski definition) is 3. The number of carbonyl (C=O) groups excluding carboxylic acids is 2. The summed E-state index contributed by atoms with van der Waals surface area (Å²) >= 11 is 0. The molecule has 1 heterocycles. The molecule has 1 aliphatic heterocycles. The van der Waals surface area contributed by atoms with Crippen LogP contribution in [0.4, 0.5) is 0 Å². The first-order valence-corrected chi connectivity index (χ1v) is 6.36. The second-order valence-corrected chi connectivity index (χ2v) is 4.33. The van der Waals surface area contributed by atoms with E-state index in [2.05, 4.69) is 5.48 Å². The van der Waals surface area contributed by atoms with Gasteiger partial charge in [-0.25, -0.2) is 10.4 Å². The zero-order valence-corrected chi connectivity index (χ0v) is 10.9. The molecule has 7 heteroatoms.